The molecule has 5 rings (SSSR count). The van der Waals surface area contributed by atoms with Crippen LogP contribution >= 0.6 is 0 Å². The summed E-state index contributed by atoms with van der Waals surface area (Å²) in [4.78, 5) is 0. The number of epoxide rings is 1. The fraction of sp³-hybridized carbons (Fsp3) is 0.250. The first-order valence-corrected chi connectivity index (χ1v) is 11.5. The minimum atomic E-state index is -2.30. The molecule has 2 fully saturated rings. The van der Waals surface area contributed by atoms with Crippen molar-refractivity contribution < 1.29 is 4.74 Å². The van der Waals surface area contributed by atoms with Crippen LogP contribution in [0.25, 0.3) is 0 Å². The lowest BCUT2D eigenvalue weighted by atomic mass is 10.1. The van der Waals surface area contributed by atoms with E-state index in [2.05, 4.69) is 105 Å². The summed E-state index contributed by atoms with van der Waals surface area (Å²) in [6, 6.07) is 33.4. The third kappa shape index (κ3) is 1.84. The summed E-state index contributed by atoms with van der Waals surface area (Å²) in [5, 5.41) is 4.37. The lowest BCUT2D eigenvalue weighted by molar-refractivity contribution is 0.171. The lowest BCUT2D eigenvalue weighted by Crippen LogP contribution is -2.73. The number of benzene rings is 3. The SMILES string of the molecule is CC(C)C12CC1([Si](c1ccccc1)(c1ccccc1)c1ccccc1)O2. The van der Waals surface area contributed by atoms with Gasteiger partial charge in [-0.05, 0) is 21.5 Å². The molecule has 0 amide bonds. The Kier molecular flexibility index (Phi) is 3.34. The standard InChI is InChI=1S/C24H24OSi/c1-19(2)23-18-24(23,25-23)26(20-12-6-3-7-13-20,21-14-8-4-9-15-21)22-16-10-5-11-17-22/h3-17,19H,18H2,1-2H3. The van der Waals surface area contributed by atoms with Crippen molar-refractivity contribution in [3.63, 3.8) is 0 Å². The molecule has 1 saturated heterocycles. The smallest absolute Gasteiger partial charge is 0.186 e. The van der Waals surface area contributed by atoms with Gasteiger partial charge < -0.3 is 4.74 Å². The van der Waals surface area contributed by atoms with Gasteiger partial charge in [0.05, 0.1) is 0 Å². The first-order valence-electron chi connectivity index (χ1n) is 9.54. The molecule has 0 aromatic heterocycles. The second-order valence-corrected chi connectivity index (χ2v) is 12.0. The summed E-state index contributed by atoms with van der Waals surface area (Å²) in [6.07, 6.45) is 1.18. The van der Waals surface area contributed by atoms with Crippen molar-refractivity contribution >= 4 is 23.6 Å². The van der Waals surface area contributed by atoms with Crippen molar-refractivity contribution in [3.05, 3.63) is 91.0 Å². The van der Waals surface area contributed by atoms with Crippen molar-refractivity contribution in [1.82, 2.24) is 0 Å². The zero-order valence-electron chi connectivity index (χ0n) is 15.4. The number of rotatable bonds is 5. The maximum Gasteiger partial charge on any atom is 0.186 e. The van der Waals surface area contributed by atoms with Crippen molar-refractivity contribution in [1.29, 1.82) is 0 Å². The molecule has 1 nitrogen and oxygen atoms in total. The second-order valence-electron chi connectivity index (χ2n) is 8.00. The minimum Gasteiger partial charge on any atom is -0.365 e. The summed E-state index contributed by atoms with van der Waals surface area (Å²) in [6.45, 7) is 4.63. The molecular weight excluding hydrogens is 332 g/mol. The number of fused-ring (bicyclic) bond motifs is 1. The highest BCUT2D eigenvalue weighted by Crippen LogP contribution is 2.77. The van der Waals surface area contributed by atoms with E-state index < -0.39 is 8.07 Å². The van der Waals surface area contributed by atoms with Gasteiger partial charge >= 0.3 is 0 Å². The third-order valence-corrected chi connectivity index (χ3v) is 12.1. The molecule has 0 radical (unpaired) electrons. The Morgan fingerprint density at radius 3 is 1.31 bits per heavy atom. The molecule has 0 N–H and O–H groups in total. The molecule has 1 heterocycles. The molecule has 1 aliphatic carbocycles. The van der Waals surface area contributed by atoms with Crippen molar-refractivity contribution in [3.8, 4) is 0 Å². The Balaban J connectivity index is 1.84. The summed E-state index contributed by atoms with van der Waals surface area (Å²) in [5.74, 6) is 0.547. The topological polar surface area (TPSA) is 12.5 Å². The number of ether oxygens (including phenoxy) is 1. The summed E-state index contributed by atoms with van der Waals surface area (Å²) in [5.41, 5.74) is 0.0702. The molecule has 3 aromatic carbocycles. The van der Waals surface area contributed by atoms with E-state index in [0.29, 0.717) is 5.92 Å². The predicted octanol–water partition coefficient (Wildman–Crippen LogP) is 3.26. The Bertz CT molecular complexity index is 816. The van der Waals surface area contributed by atoms with E-state index in [1.54, 1.807) is 0 Å². The van der Waals surface area contributed by atoms with Crippen LogP contribution < -0.4 is 15.6 Å². The number of hydrogen-bond acceptors (Lipinski definition) is 1. The Morgan fingerprint density at radius 1 is 0.692 bits per heavy atom. The summed E-state index contributed by atoms with van der Waals surface area (Å²) < 4.78 is 6.63. The van der Waals surface area contributed by atoms with Crippen LogP contribution in [0, 0.1) is 5.92 Å². The van der Waals surface area contributed by atoms with E-state index in [4.69, 9.17) is 4.74 Å². The Labute approximate surface area is 156 Å². The average Bonchev–Trinajstić information content (AvgIpc) is 3.53. The molecule has 3 aromatic rings. The maximum atomic E-state index is 6.63. The van der Waals surface area contributed by atoms with E-state index in [9.17, 15) is 0 Å². The largest absolute Gasteiger partial charge is 0.365 e. The van der Waals surface area contributed by atoms with E-state index in [-0.39, 0.29) is 10.8 Å². The first kappa shape index (κ1) is 16.0. The van der Waals surface area contributed by atoms with Crippen molar-refractivity contribution in [2.75, 3.05) is 0 Å². The highest BCUT2D eigenvalue weighted by atomic mass is 28.3. The zero-order chi connectivity index (χ0) is 17.8. The average molecular weight is 357 g/mol. The summed E-state index contributed by atoms with van der Waals surface area (Å²) in [7, 11) is -2.30. The van der Waals surface area contributed by atoms with Gasteiger partial charge in [0, 0.05) is 6.42 Å². The normalized spacial score (nSPS) is 26.4. The number of hydrogen-bond donors (Lipinski definition) is 0. The Hall–Kier alpha value is -2.16. The molecule has 2 unspecified atom stereocenters. The van der Waals surface area contributed by atoms with Crippen LogP contribution in [0.4, 0.5) is 0 Å². The second kappa shape index (κ2) is 5.42. The highest BCUT2D eigenvalue weighted by molar-refractivity contribution is 7.14. The van der Waals surface area contributed by atoms with Gasteiger partial charge in [0.25, 0.3) is 0 Å². The third-order valence-electron chi connectivity index (χ3n) is 6.54. The van der Waals surface area contributed by atoms with Gasteiger partial charge in [0.1, 0.15) is 10.8 Å². The van der Waals surface area contributed by atoms with Gasteiger partial charge in [-0.2, -0.15) is 0 Å². The summed E-state index contributed by atoms with van der Waals surface area (Å²) >= 11 is 0. The quantitative estimate of drug-likeness (QED) is 0.388. The van der Waals surface area contributed by atoms with Gasteiger partial charge in [0.2, 0.25) is 0 Å². The molecule has 2 atom stereocenters. The fourth-order valence-electron chi connectivity index (χ4n) is 5.18. The molecule has 0 spiro atoms. The molecule has 0 bridgehead atoms. The van der Waals surface area contributed by atoms with Crippen LogP contribution in [0.5, 0.6) is 0 Å². The van der Waals surface area contributed by atoms with Gasteiger partial charge in [-0.25, -0.2) is 0 Å². The molecule has 2 aliphatic rings. The minimum absolute atomic E-state index is 0.00176. The van der Waals surface area contributed by atoms with Crippen LogP contribution in [0.2, 0.25) is 0 Å². The van der Waals surface area contributed by atoms with E-state index in [0.717, 1.165) is 0 Å². The van der Waals surface area contributed by atoms with Crippen LogP contribution in [0.1, 0.15) is 20.3 Å². The zero-order valence-corrected chi connectivity index (χ0v) is 16.4. The maximum absolute atomic E-state index is 6.63. The van der Waals surface area contributed by atoms with Gasteiger partial charge in [-0.15, -0.1) is 0 Å². The van der Waals surface area contributed by atoms with Gasteiger partial charge in [0.15, 0.2) is 8.07 Å². The van der Waals surface area contributed by atoms with E-state index >= 15 is 0 Å². The molecule has 1 saturated carbocycles. The van der Waals surface area contributed by atoms with Gasteiger partial charge in [-0.1, -0.05) is 105 Å². The lowest BCUT2D eigenvalue weighted by Gasteiger charge is -2.35. The molecule has 1 aliphatic heterocycles. The van der Waals surface area contributed by atoms with Crippen LogP contribution in [0.15, 0.2) is 91.0 Å². The molecule has 26 heavy (non-hydrogen) atoms. The van der Waals surface area contributed by atoms with E-state index in [1.165, 1.54) is 22.0 Å². The van der Waals surface area contributed by atoms with Crippen LogP contribution in [0.3, 0.4) is 0 Å². The Morgan fingerprint density at radius 2 is 1.04 bits per heavy atom. The van der Waals surface area contributed by atoms with Gasteiger partial charge in [-0.3, -0.25) is 0 Å². The highest BCUT2D eigenvalue weighted by Gasteiger charge is 2.94. The van der Waals surface area contributed by atoms with Crippen LogP contribution in [-0.4, -0.2) is 18.9 Å². The molecule has 130 valence electrons. The molecule has 2 heteroatoms. The van der Waals surface area contributed by atoms with Crippen molar-refractivity contribution in [2.24, 2.45) is 5.92 Å². The molecular formula is C24H24OSi. The monoisotopic (exact) mass is 356 g/mol. The fourth-order valence-corrected chi connectivity index (χ4v) is 11.4. The first-order chi connectivity index (χ1) is 12.7. The van der Waals surface area contributed by atoms with Crippen molar-refractivity contribution in [2.45, 2.75) is 31.1 Å². The van der Waals surface area contributed by atoms with E-state index in [1.807, 2.05) is 0 Å². The predicted molar refractivity (Wildman–Crippen MR) is 110 cm³/mol. The van der Waals surface area contributed by atoms with Crippen LogP contribution in [-0.2, 0) is 4.74 Å².